The molecule has 0 N–H and O–H groups in total. The van der Waals surface area contributed by atoms with E-state index in [1.807, 2.05) is 44.2 Å². The number of aryl methyl sites for hydroxylation is 1. The Kier molecular flexibility index (Phi) is 6.86. The van der Waals surface area contributed by atoms with Crippen LogP contribution in [-0.2, 0) is 20.8 Å². The molecule has 1 fully saturated rings. The summed E-state index contributed by atoms with van der Waals surface area (Å²) >= 11 is 3.38. The molecule has 1 saturated heterocycles. The monoisotopic (exact) mass is 445 g/mol. The van der Waals surface area contributed by atoms with Crippen LogP contribution >= 0.6 is 15.9 Å². The molecule has 28 heavy (non-hydrogen) atoms. The van der Waals surface area contributed by atoms with Gasteiger partial charge in [-0.2, -0.15) is 0 Å². The maximum atomic E-state index is 12.5. The van der Waals surface area contributed by atoms with Crippen LogP contribution in [-0.4, -0.2) is 35.6 Å². The lowest BCUT2D eigenvalue weighted by Gasteiger charge is -2.14. The second kappa shape index (κ2) is 9.34. The summed E-state index contributed by atoms with van der Waals surface area (Å²) in [7, 11) is 0. The molecule has 1 atom stereocenters. The molecule has 3 rings (SSSR count). The molecule has 0 radical (unpaired) electrons. The van der Waals surface area contributed by atoms with Crippen LogP contribution in [0.15, 0.2) is 40.9 Å². The van der Waals surface area contributed by atoms with Gasteiger partial charge in [-0.15, -0.1) is 0 Å². The maximum Gasteiger partial charge on any atom is 0.331 e. The lowest BCUT2D eigenvalue weighted by Crippen LogP contribution is -2.18. The number of nitrogens with zero attached hydrogens (tertiary/aromatic N) is 1. The SMILES string of the molecule is Cc1cc(C(=O)COC(=O)C=Cc2cccc(Br)c2)c(C)n1CC1CCCO1. The van der Waals surface area contributed by atoms with Crippen molar-refractivity contribution < 1.29 is 19.1 Å². The van der Waals surface area contributed by atoms with Crippen LogP contribution in [0.2, 0.25) is 0 Å². The van der Waals surface area contributed by atoms with Crippen molar-refractivity contribution in [3.63, 3.8) is 0 Å². The van der Waals surface area contributed by atoms with Gasteiger partial charge in [-0.25, -0.2) is 4.79 Å². The molecule has 148 valence electrons. The topological polar surface area (TPSA) is 57.5 Å². The van der Waals surface area contributed by atoms with Crippen molar-refractivity contribution in [2.24, 2.45) is 0 Å². The zero-order valence-corrected chi connectivity index (χ0v) is 17.7. The number of halogens is 1. The number of aromatic nitrogens is 1. The van der Waals surface area contributed by atoms with Gasteiger partial charge in [0, 0.05) is 40.7 Å². The number of carbonyl (C=O) groups excluding carboxylic acids is 2. The minimum absolute atomic E-state index is 0.198. The van der Waals surface area contributed by atoms with Gasteiger partial charge in [0.25, 0.3) is 0 Å². The average Bonchev–Trinajstić information content (AvgIpc) is 3.28. The molecular weight excluding hydrogens is 422 g/mol. The van der Waals surface area contributed by atoms with Gasteiger partial charge in [-0.1, -0.05) is 28.1 Å². The molecule has 1 aliphatic heterocycles. The van der Waals surface area contributed by atoms with E-state index in [-0.39, 0.29) is 18.5 Å². The maximum absolute atomic E-state index is 12.5. The standard InChI is InChI=1S/C22H24BrNO4/c1-15-11-20(16(2)24(15)13-19-7-4-10-27-19)21(25)14-28-22(26)9-8-17-5-3-6-18(23)12-17/h3,5-6,8-9,11-12,19H,4,7,10,13-14H2,1-2H3. The molecule has 1 aromatic carbocycles. The fourth-order valence-electron chi connectivity index (χ4n) is 3.39. The van der Waals surface area contributed by atoms with E-state index in [4.69, 9.17) is 9.47 Å². The zero-order valence-electron chi connectivity index (χ0n) is 16.1. The van der Waals surface area contributed by atoms with Crippen molar-refractivity contribution in [3.05, 3.63) is 63.4 Å². The van der Waals surface area contributed by atoms with Crippen LogP contribution in [0.1, 0.15) is 40.2 Å². The second-order valence-corrected chi connectivity index (χ2v) is 7.87. The van der Waals surface area contributed by atoms with E-state index in [1.54, 1.807) is 6.08 Å². The Morgan fingerprint density at radius 2 is 2.14 bits per heavy atom. The highest BCUT2D eigenvalue weighted by Gasteiger charge is 2.21. The van der Waals surface area contributed by atoms with Crippen LogP contribution in [0, 0.1) is 13.8 Å². The number of rotatable bonds is 7. The van der Waals surface area contributed by atoms with Crippen molar-refractivity contribution >= 4 is 33.8 Å². The number of hydrogen-bond donors (Lipinski definition) is 0. The Bertz CT molecular complexity index is 894. The van der Waals surface area contributed by atoms with E-state index in [0.29, 0.717) is 5.56 Å². The fourth-order valence-corrected chi connectivity index (χ4v) is 3.81. The number of benzene rings is 1. The van der Waals surface area contributed by atoms with E-state index in [2.05, 4.69) is 20.5 Å². The largest absolute Gasteiger partial charge is 0.454 e. The first-order valence-corrected chi connectivity index (χ1v) is 10.2. The third-order valence-electron chi connectivity index (χ3n) is 4.89. The summed E-state index contributed by atoms with van der Waals surface area (Å²) in [6.07, 6.45) is 5.32. The quantitative estimate of drug-likeness (QED) is 0.358. The number of esters is 1. The summed E-state index contributed by atoms with van der Waals surface area (Å²) < 4.78 is 13.9. The first kappa shape index (κ1) is 20.6. The molecule has 0 saturated carbocycles. The van der Waals surface area contributed by atoms with E-state index < -0.39 is 5.97 Å². The van der Waals surface area contributed by atoms with Crippen LogP contribution in [0.25, 0.3) is 6.08 Å². The molecule has 6 heteroatoms. The summed E-state index contributed by atoms with van der Waals surface area (Å²) in [6.45, 7) is 5.18. The lowest BCUT2D eigenvalue weighted by molar-refractivity contribution is -0.136. The van der Waals surface area contributed by atoms with Gasteiger partial charge in [0.2, 0.25) is 5.78 Å². The van der Waals surface area contributed by atoms with E-state index in [1.165, 1.54) is 6.08 Å². The molecule has 2 aromatic rings. The molecule has 2 heterocycles. The first-order valence-electron chi connectivity index (χ1n) is 9.36. The van der Waals surface area contributed by atoms with E-state index in [0.717, 1.165) is 47.4 Å². The molecule has 0 spiro atoms. The van der Waals surface area contributed by atoms with Gasteiger partial charge < -0.3 is 14.0 Å². The number of ether oxygens (including phenoxy) is 2. The second-order valence-electron chi connectivity index (χ2n) is 6.95. The summed E-state index contributed by atoms with van der Waals surface area (Å²) in [5, 5.41) is 0. The highest BCUT2D eigenvalue weighted by Crippen LogP contribution is 2.21. The minimum atomic E-state index is -0.540. The Hall–Kier alpha value is -2.18. The Morgan fingerprint density at radius 3 is 2.86 bits per heavy atom. The summed E-state index contributed by atoms with van der Waals surface area (Å²) in [6, 6.07) is 9.41. The van der Waals surface area contributed by atoms with Gasteiger partial charge in [0.1, 0.15) is 0 Å². The molecule has 0 aliphatic carbocycles. The summed E-state index contributed by atoms with van der Waals surface area (Å²) in [5.74, 6) is -0.739. The molecular formula is C22H24BrNO4. The van der Waals surface area contributed by atoms with Crippen molar-refractivity contribution in [2.45, 2.75) is 39.3 Å². The highest BCUT2D eigenvalue weighted by atomic mass is 79.9. The fraction of sp³-hybridized carbons (Fsp3) is 0.364. The number of hydrogen-bond acceptors (Lipinski definition) is 4. The van der Waals surface area contributed by atoms with Crippen molar-refractivity contribution in [1.82, 2.24) is 4.57 Å². The van der Waals surface area contributed by atoms with Crippen LogP contribution in [0.3, 0.4) is 0 Å². The molecule has 1 unspecified atom stereocenters. The Labute approximate surface area is 173 Å². The molecule has 5 nitrogen and oxygen atoms in total. The predicted molar refractivity (Wildman–Crippen MR) is 111 cm³/mol. The molecule has 1 aliphatic rings. The number of Topliss-reactive ketones (excluding diaryl/α,β-unsaturated/α-hetero) is 1. The Balaban J connectivity index is 1.57. The Morgan fingerprint density at radius 1 is 1.32 bits per heavy atom. The van der Waals surface area contributed by atoms with Gasteiger partial charge in [-0.3, -0.25) is 4.79 Å². The molecule has 1 aromatic heterocycles. The third kappa shape index (κ3) is 5.20. The lowest BCUT2D eigenvalue weighted by atomic mass is 10.1. The predicted octanol–water partition coefficient (Wildman–Crippen LogP) is 4.49. The van der Waals surface area contributed by atoms with Gasteiger partial charge >= 0.3 is 5.97 Å². The summed E-state index contributed by atoms with van der Waals surface area (Å²) in [4.78, 5) is 24.5. The van der Waals surface area contributed by atoms with Crippen LogP contribution in [0.5, 0.6) is 0 Å². The van der Waals surface area contributed by atoms with Gasteiger partial charge in [0.15, 0.2) is 6.61 Å². The number of carbonyl (C=O) groups is 2. The normalized spacial score (nSPS) is 16.6. The van der Waals surface area contributed by atoms with Crippen molar-refractivity contribution in [1.29, 1.82) is 0 Å². The number of ketones is 1. The van der Waals surface area contributed by atoms with Crippen LogP contribution in [0.4, 0.5) is 0 Å². The van der Waals surface area contributed by atoms with Crippen LogP contribution < -0.4 is 0 Å². The van der Waals surface area contributed by atoms with E-state index in [9.17, 15) is 9.59 Å². The van der Waals surface area contributed by atoms with Gasteiger partial charge in [0.05, 0.1) is 6.10 Å². The first-order chi connectivity index (χ1) is 13.4. The molecule has 0 amide bonds. The van der Waals surface area contributed by atoms with Crippen molar-refractivity contribution in [2.75, 3.05) is 13.2 Å². The van der Waals surface area contributed by atoms with Crippen molar-refractivity contribution in [3.8, 4) is 0 Å². The summed E-state index contributed by atoms with van der Waals surface area (Å²) in [5.41, 5.74) is 3.37. The smallest absolute Gasteiger partial charge is 0.331 e. The average molecular weight is 446 g/mol. The van der Waals surface area contributed by atoms with E-state index >= 15 is 0 Å². The van der Waals surface area contributed by atoms with Gasteiger partial charge in [-0.05, 0) is 56.5 Å². The highest BCUT2D eigenvalue weighted by molar-refractivity contribution is 9.10. The molecule has 0 bridgehead atoms. The third-order valence-corrected chi connectivity index (χ3v) is 5.38. The minimum Gasteiger partial charge on any atom is -0.454 e. The zero-order chi connectivity index (χ0) is 20.1.